The Morgan fingerprint density at radius 1 is 1.69 bits per heavy atom. The topological polar surface area (TPSA) is 67.2 Å². The van der Waals surface area contributed by atoms with Crippen LogP contribution in [0.15, 0.2) is 10.6 Å². The van der Waals surface area contributed by atoms with E-state index in [9.17, 15) is 4.79 Å². The molecule has 1 aliphatic rings. The van der Waals surface area contributed by atoms with Gasteiger partial charge >= 0.3 is 6.03 Å². The molecule has 2 rings (SSSR count). The molecule has 1 aromatic rings. The molecule has 0 aliphatic heterocycles. The summed E-state index contributed by atoms with van der Waals surface area (Å²) >= 11 is 0. The summed E-state index contributed by atoms with van der Waals surface area (Å²) < 4.78 is 4.81. The first-order valence-electron chi connectivity index (χ1n) is 4.25. The van der Waals surface area contributed by atoms with Crippen molar-refractivity contribution < 1.29 is 9.32 Å². The Morgan fingerprint density at radius 2 is 2.46 bits per heavy atom. The van der Waals surface area contributed by atoms with Gasteiger partial charge in [0, 0.05) is 12.1 Å². The summed E-state index contributed by atoms with van der Waals surface area (Å²) in [5.41, 5.74) is 0.752. The summed E-state index contributed by atoms with van der Waals surface area (Å²) in [4.78, 5) is 11.2. The van der Waals surface area contributed by atoms with Crippen LogP contribution in [0.1, 0.15) is 18.5 Å². The Balaban J connectivity index is 1.85. The van der Waals surface area contributed by atoms with E-state index in [1.165, 1.54) is 0 Å². The number of aryl methyl sites for hydroxylation is 1. The van der Waals surface area contributed by atoms with Gasteiger partial charge in [0.25, 0.3) is 0 Å². The van der Waals surface area contributed by atoms with E-state index >= 15 is 0 Å². The third kappa shape index (κ3) is 2.21. The molecule has 0 aromatic carbocycles. The summed E-state index contributed by atoms with van der Waals surface area (Å²) in [5.74, 6) is 0.385. The van der Waals surface area contributed by atoms with Gasteiger partial charge in [0.2, 0.25) is 5.88 Å². The van der Waals surface area contributed by atoms with Crippen molar-refractivity contribution in [3.8, 4) is 0 Å². The monoisotopic (exact) mass is 181 g/mol. The number of rotatable bonds is 2. The number of urea groups is 1. The van der Waals surface area contributed by atoms with E-state index in [0.29, 0.717) is 11.9 Å². The Kier molecular flexibility index (Phi) is 1.92. The van der Waals surface area contributed by atoms with Crippen LogP contribution in [-0.4, -0.2) is 17.2 Å². The van der Waals surface area contributed by atoms with Crippen LogP contribution in [0.3, 0.4) is 0 Å². The minimum Gasteiger partial charge on any atom is -0.338 e. The quantitative estimate of drug-likeness (QED) is 0.721. The maximum absolute atomic E-state index is 11.2. The van der Waals surface area contributed by atoms with Gasteiger partial charge in [-0.25, -0.2) is 4.79 Å². The maximum atomic E-state index is 11.2. The van der Waals surface area contributed by atoms with E-state index in [0.717, 1.165) is 18.5 Å². The third-order valence-electron chi connectivity index (χ3n) is 1.78. The van der Waals surface area contributed by atoms with E-state index < -0.39 is 0 Å². The number of carbonyl (C=O) groups is 1. The summed E-state index contributed by atoms with van der Waals surface area (Å²) in [5, 5.41) is 8.98. The smallest absolute Gasteiger partial charge is 0.321 e. The van der Waals surface area contributed by atoms with Gasteiger partial charge in [-0.2, -0.15) is 0 Å². The zero-order chi connectivity index (χ0) is 9.26. The summed E-state index contributed by atoms with van der Waals surface area (Å²) in [7, 11) is 0. The van der Waals surface area contributed by atoms with Gasteiger partial charge in [-0.1, -0.05) is 5.16 Å². The fourth-order valence-electron chi connectivity index (χ4n) is 0.984. The van der Waals surface area contributed by atoms with Crippen LogP contribution < -0.4 is 10.6 Å². The summed E-state index contributed by atoms with van der Waals surface area (Å²) in [6, 6.07) is 1.80. The van der Waals surface area contributed by atoms with Gasteiger partial charge in [0.05, 0.1) is 5.69 Å². The molecule has 0 spiro atoms. The highest BCUT2D eigenvalue weighted by atomic mass is 16.5. The number of nitrogens with zero attached hydrogens (tertiary/aromatic N) is 1. The Labute approximate surface area is 75.5 Å². The molecule has 0 unspecified atom stereocenters. The highest BCUT2D eigenvalue weighted by Crippen LogP contribution is 2.18. The second-order valence-corrected chi connectivity index (χ2v) is 3.21. The number of hydrogen-bond donors (Lipinski definition) is 2. The molecule has 70 valence electrons. The average molecular weight is 181 g/mol. The van der Waals surface area contributed by atoms with E-state index in [1.54, 1.807) is 13.0 Å². The number of carbonyl (C=O) groups excluding carboxylic acids is 1. The first-order valence-corrected chi connectivity index (χ1v) is 4.25. The second-order valence-electron chi connectivity index (χ2n) is 3.21. The number of aromatic nitrogens is 1. The lowest BCUT2D eigenvalue weighted by molar-refractivity contribution is 0.251. The standard InChI is InChI=1S/C8H11N3O2/c1-5-4-7(13-11-5)10-8(12)9-6-2-3-6/h4,6H,2-3H2,1H3,(H2,9,10,12). The summed E-state index contributed by atoms with van der Waals surface area (Å²) in [6.07, 6.45) is 2.14. The van der Waals surface area contributed by atoms with Gasteiger partial charge in [-0.15, -0.1) is 0 Å². The van der Waals surface area contributed by atoms with Gasteiger partial charge < -0.3 is 9.84 Å². The van der Waals surface area contributed by atoms with Crippen LogP contribution >= 0.6 is 0 Å². The molecule has 1 heterocycles. The minimum absolute atomic E-state index is 0.223. The molecule has 1 saturated carbocycles. The number of hydrogen-bond acceptors (Lipinski definition) is 3. The lowest BCUT2D eigenvalue weighted by Gasteiger charge is -2.01. The molecule has 5 heteroatoms. The van der Waals surface area contributed by atoms with Gasteiger partial charge in [0.1, 0.15) is 0 Å². The van der Waals surface area contributed by atoms with Crippen LogP contribution in [-0.2, 0) is 0 Å². The molecule has 1 aliphatic carbocycles. The zero-order valence-electron chi connectivity index (χ0n) is 7.33. The highest BCUT2D eigenvalue weighted by molar-refractivity contribution is 5.88. The van der Waals surface area contributed by atoms with Crippen molar-refractivity contribution in [3.05, 3.63) is 11.8 Å². The first kappa shape index (κ1) is 8.10. The van der Waals surface area contributed by atoms with Crippen LogP contribution in [0.25, 0.3) is 0 Å². The molecular formula is C8H11N3O2. The fraction of sp³-hybridized carbons (Fsp3) is 0.500. The largest absolute Gasteiger partial charge is 0.338 e. The Hall–Kier alpha value is -1.52. The SMILES string of the molecule is Cc1cc(NC(=O)NC2CC2)on1. The van der Waals surface area contributed by atoms with Crippen LogP contribution in [0.4, 0.5) is 10.7 Å². The molecule has 5 nitrogen and oxygen atoms in total. The third-order valence-corrected chi connectivity index (χ3v) is 1.78. The zero-order valence-corrected chi connectivity index (χ0v) is 7.33. The average Bonchev–Trinajstić information content (AvgIpc) is 2.76. The van der Waals surface area contributed by atoms with Crippen molar-refractivity contribution in [1.82, 2.24) is 10.5 Å². The van der Waals surface area contributed by atoms with Crippen molar-refractivity contribution in [2.45, 2.75) is 25.8 Å². The van der Waals surface area contributed by atoms with Crippen molar-refractivity contribution in [2.24, 2.45) is 0 Å². The maximum Gasteiger partial charge on any atom is 0.321 e. The number of nitrogens with one attached hydrogen (secondary N) is 2. The summed E-state index contributed by atoms with van der Waals surface area (Å²) in [6.45, 7) is 1.80. The molecule has 1 aromatic heterocycles. The van der Waals surface area contributed by atoms with Crippen LogP contribution in [0.2, 0.25) is 0 Å². The van der Waals surface area contributed by atoms with Gasteiger partial charge in [0.15, 0.2) is 0 Å². The highest BCUT2D eigenvalue weighted by Gasteiger charge is 2.23. The molecule has 0 atom stereocenters. The van der Waals surface area contributed by atoms with Crippen LogP contribution in [0.5, 0.6) is 0 Å². The number of anilines is 1. The van der Waals surface area contributed by atoms with Crippen molar-refractivity contribution in [2.75, 3.05) is 5.32 Å². The minimum atomic E-state index is -0.223. The molecule has 0 bridgehead atoms. The fourth-order valence-corrected chi connectivity index (χ4v) is 0.984. The van der Waals surface area contributed by atoms with E-state index in [2.05, 4.69) is 15.8 Å². The Bertz CT molecular complexity index is 317. The second kappa shape index (κ2) is 3.08. The lowest BCUT2D eigenvalue weighted by atomic mass is 10.5. The first-order chi connectivity index (χ1) is 6.24. The normalized spacial score (nSPS) is 15.5. The van der Waals surface area contributed by atoms with Gasteiger partial charge in [-0.05, 0) is 19.8 Å². The van der Waals surface area contributed by atoms with Crippen molar-refractivity contribution >= 4 is 11.9 Å². The predicted molar refractivity (Wildman–Crippen MR) is 46.4 cm³/mol. The van der Waals surface area contributed by atoms with E-state index in [4.69, 9.17) is 4.52 Å². The molecular weight excluding hydrogens is 170 g/mol. The molecule has 1 fully saturated rings. The molecule has 13 heavy (non-hydrogen) atoms. The van der Waals surface area contributed by atoms with Gasteiger partial charge in [-0.3, -0.25) is 5.32 Å². The number of amides is 2. The molecule has 0 radical (unpaired) electrons. The van der Waals surface area contributed by atoms with E-state index in [-0.39, 0.29) is 6.03 Å². The molecule has 2 amide bonds. The lowest BCUT2D eigenvalue weighted by Crippen LogP contribution is -2.30. The van der Waals surface area contributed by atoms with Crippen LogP contribution in [0, 0.1) is 6.92 Å². The predicted octanol–water partition coefficient (Wildman–Crippen LogP) is 1.27. The molecule has 2 N–H and O–H groups in total. The van der Waals surface area contributed by atoms with E-state index in [1.807, 2.05) is 0 Å². The molecule has 0 saturated heterocycles. The van der Waals surface area contributed by atoms with Crippen molar-refractivity contribution in [1.29, 1.82) is 0 Å². The van der Waals surface area contributed by atoms with Crippen molar-refractivity contribution in [3.63, 3.8) is 0 Å². The Morgan fingerprint density at radius 3 is 3.00 bits per heavy atom.